The Balaban J connectivity index is 1.47. The molecule has 2 fully saturated rings. The maximum atomic E-state index is 4.35. The fourth-order valence-electron chi connectivity index (χ4n) is 5.32. The minimum Gasteiger partial charge on any atom is -0.275 e. The Morgan fingerprint density at radius 2 is 1.89 bits per heavy atom. The van der Waals surface area contributed by atoms with E-state index in [1.165, 1.54) is 47.1 Å². The van der Waals surface area contributed by atoms with Gasteiger partial charge in [0.15, 0.2) is 0 Å². The summed E-state index contributed by atoms with van der Waals surface area (Å²) in [6, 6.07) is 18.1. The molecule has 0 amide bonds. The van der Waals surface area contributed by atoms with Gasteiger partial charge in [-0.2, -0.15) is 5.10 Å². The van der Waals surface area contributed by atoms with Crippen LogP contribution in [0.4, 0.5) is 0 Å². The summed E-state index contributed by atoms with van der Waals surface area (Å²) < 4.78 is 1.88. The van der Waals surface area contributed by atoms with E-state index in [-0.39, 0.29) is 0 Å². The molecule has 0 aliphatic heterocycles. The number of benzene rings is 2. The van der Waals surface area contributed by atoms with E-state index >= 15 is 0 Å². The predicted molar refractivity (Wildman–Crippen MR) is 115 cm³/mol. The van der Waals surface area contributed by atoms with Crippen molar-refractivity contribution in [3.8, 4) is 11.1 Å². The molecule has 3 aromatic rings. The maximum Gasteiger partial charge on any atom is 0.0568 e. The first-order valence-corrected chi connectivity index (χ1v) is 10.7. The number of aromatic nitrogens is 2. The lowest BCUT2D eigenvalue weighted by Crippen LogP contribution is -2.16. The summed E-state index contributed by atoms with van der Waals surface area (Å²) in [6.07, 6.45) is 9.60. The Labute approximate surface area is 168 Å². The Morgan fingerprint density at radius 3 is 2.54 bits per heavy atom. The smallest absolute Gasteiger partial charge is 0.0568 e. The zero-order valence-corrected chi connectivity index (χ0v) is 17.2. The van der Waals surface area contributed by atoms with Crippen LogP contribution in [0.1, 0.15) is 48.8 Å². The third-order valence-corrected chi connectivity index (χ3v) is 7.47. The van der Waals surface area contributed by atoms with Crippen molar-refractivity contribution in [2.24, 2.45) is 24.3 Å². The van der Waals surface area contributed by atoms with Crippen molar-refractivity contribution in [2.45, 2.75) is 45.4 Å². The van der Waals surface area contributed by atoms with E-state index in [0.717, 1.165) is 23.7 Å². The van der Waals surface area contributed by atoms with Gasteiger partial charge in [-0.25, -0.2) is 0 Å². The molecule has 0 saturated heterocycles. The first kappa shape index (κ1) is 17.7. The molecule has 1 heterocycles. The van der Waals surface area contributed by atoms with Crippen LogP contribution < -0.4 is 0 Å². The van der Waals surface area contributed by atoms with Gasteiger partial charge in [-0.05, 0) is 78.0 Å². The Morgan fingerprint density at radius 1 is 1.11 bits per heavy atom. The van der Waals surface area contributed by atoms with Crippen molar-refractivity contribution in [1.29, 1.82) is 0 Å². The van der Waals surface area contributed by atoms with E-state index in [4.69, 9.17) is 0 Å². The lowest BCUT2D eigenvalue weighted by Gasteiger charge is -2.26. The average Bonchev–Trinajstić information content (AvgIpc) is 3.60. The maximum absolute atomic E-state index is 4.35. The molecule has 2 aliphatic rings. The van der Waals surface area contributed by atoms with Crippen molar-refractivity contribution in [1.82, 2.24) is 9.78 Å². The summed E-state index contributed by atoms with van der Waals surface area (Å²) in [4.78, 5) is 0. The molecule has 3 atom stereocenters. The molecule has 144 valence electrons. The number of nitrogens with zero attached hydrogens (tertiary/aromatic N) is 2. The molecule has 0 radical (unpaired) electrons. The SMILES string of the molecule is Cc1ccc(-c2cnn(C)c2)cc1CC(c1ccccc1)C(C)C1CC12CC2. The molecule has 1 spiro atoms. The van der Waals surface area contributed by atoms with Gasteiger partial charge in [-0.1, -0.05) is 55.5 Å². The van der Waals surface area contributed by atoms with Crippen LogP contribution in [-0.4, -0.2) is 9.78 Å². The molecular weight excluding hydrogens is 340 g/mol. The summed E-state index contributed by atoms with van der Waals surface area (Å²) in [7, 11) is 1.98. The number of hydrogen-bond donors (Lipinski definition) is 0. The number of hydrogen-bond acceptors (Lipinski definition) is 1. The van der Waals surface area contributed by atoms with Crippen LogP contribution in [0.2, 0.25) is 0 Å². The summed E-state index contributed by atoms with van der Waals surface area (Å²) >= 11 is 0. The third kappa shape index (κ3) is 3.19. The van der Waals surface area contributed by atoms with Gasteiger partial charge in [0.05, 0.1) is 6.20 Å². The van der Waals surface area contributed by atoms with Gasteiger partial charge >= 0.3 is 0 Å². The second-order valence-electron chi connectivity index (χ2n) is 9.30. The Bertz CT molecular complexity index is 981. The highest BCUT2D eigenvalue weighted by Gasteiger charge is 2.64. The zero-order valence-electron chi connectivity index (χ0n) is 17.2. The lowest BCUT2D eigenvalue weighted by atomic mass is 9.78. The molecule has 2 aliphatic carbocycles. The van der Waals surface area contributed by atoms with Crippen LogP contribution in [0.25, 0.3) is 11.1 Å². The van der Waals surface area contributed by atoms with E-state index in [9.17, 15) is 0 Å². The molecule has 1 aromatic heterocycles. The van der Waals surface area contributed by atoms with Gasteiger partial charge < -0.3 is 0 Å². The highest BCUT2D eigenvalue weighted by Crippen LogP contribution is 2.74. The second kappa shape index (κ2) is 6.62. The Hall–Kier alpha value is -2.35. The molecule has 0 bridgehead atoms. The molecule has 2 heteroatoms. The molecule has 5 rings (SSSR count). The van der Waals surface area contributed by atoms with Crippen LogP contribution >= 0.6 is 0 Å². The monoisotopic (exact) mass is 370 g/mol. The minimum absolute atomic E-state index is 0.592. The van der Waals surface area contributed by atoms with Crippen molar-refractivity contribution >= 4 is 0 Å². The number of aryl methyl sites for hydroxylation is 2. The van der Waals surface area contributed by atoms with Gasteiger partial charge in [-0.3, -0.25) is 4.68 Å². The number of rotatable bonds is 6. The van der Waals surface area contributed by atoms with Crippen LogP contribution in [0, 0.1) is 24.2 Å². The quantitative estimate of drug-likeness (QED) is 0.508. The van der Waals surface area contributed by atoms with Gasteiger partial charge in [0, 0.05) is 18.8 Å². The van der Waals surface area contributed by atoms with Gasteiger partial charge in [0.1, 0.15) is 0 Å². The third-order valence-electron chi connectivity index (χ3n) is 7.47. The topological polar surface area (TPSA) is 17.8 Å². The predicted octanol–water partition coefficient (Wildman–Crippen LogP) is 6.16. The molecular formula is C26H30N2. The van der Waals surface area contributed by atoms with Crippen molar-refractivity contribution < 1.29 is 0 Å². The van der Waals surface area contributed by atoms with Crippen molar-refractivity contribution in [2.75, 3.05) is 0 Å². The molecule has 0 N–H and O–H groups in total. The fraction of sp³-hybridized carbons (Fsp3) is 0.423. The highest BCUT2D eigenvalue weighted by atomic mass is 15.2. The zero-order chi connectivity index (χ0) is 19.3. The summed E-state index contributed by atoms with van der Waals surface area (Å²) in [6.45, 7) is 4.77. The summed E-state index contributed by atoms with van der Waals surface area (Å²) in [5, 5.41) is 4.35. The van der Waals surface area contributed by atoms with Crippen LogP contribution in [0.15, 0.2) is 60.9 Å². The van der Waals surface area contributed by atoms with E-state index in [1.807, 2.05) is 17.9 Å². The first-order valence-electron chi connectivity index (χ1n) is 10.7. The van der Waals surface area contributed by atoms with Crippen LogP contribution in [0.5, 0.6) is 0 Å². The molecule has 2 aromatic carbocycles. The normalized spacial score (nSPS) is 21.5. The molecule has 2 nitrogen and oxygen atoms in total. The minimum atomic E-state index is 0.592. The average molecular weight is 371 g/mol. The van der Waals surface area contributed by atoms with Gasteiger partial charge in [0.25, 0.3) is 0 Å². The van der Waals surface area contributed by atoms with E-state index in [2.05, 4.69) is 73.7 Å². The molecule has 2 saturated carbocycles. The summed E-state index contributed by atoms with van der Waals surface area (Å²) in [5.41, 5.74) is 7.61. The van der Waals surface area contributed by atoms with E-state index in [0.29, 0.717) is 5.92 Å². The summed E-state index contributed by atoms with van der Waals surface area (Å²) in [5.74, 6) is 2.26. The van der Waals surface area contributed by atoms with Gasteiger partial charge in [0.2, 0.25) is 0 Å². The second-order valence-corrected chi connectivity index (χ2v) is 9.30. The molecule has 28 heavy (non-hydrogen) atoms. The standard InChI is InChI=1S/C26H30N2/c1-18-9-10-21(23-16-27-28(3)17-23)13-22(18)14-24(20-7-5-4-6-8-20)19(2)25-15-26(25)11-12-26/h4-10,13,16-17,19,24-25H,11-12,14-15H2,1-3H3. The van der Waals surface area contributed by atoms with E-state index in [1.54, 1.807) is 0 Å². The highest BCUT2D eigenvalue weighted by molar-refractivity contribution is 5.63. The van der Waals surface area contributed by atoms with Crippen molar-refractivity contribution in [3.05, 3.63) is 77.6 Å². The largest absolute Gasteiger partial charge is 0.275 e. The molecule has 3 unspecified atom stereocenters. The van der Waals surface area contributed by atoms with Crippen LogP contribution in [-0.2, 0) is 13.5 Å². The van der Waals surface area contributed by atoms with Crippen LogP contribution in [0.3, 0.4) is 0 Å². The fourth-order valence-corrected chi connectivity index (χ4v) is 5.32. The first-order chi connectivity index (χ1) is 13.6. The lowest BCUT2D eigenvalue weighted by molar-refractivity contribution is 0.381. The van der Waals surface area contributed by atoms with Crippen molar-refractivity contribution in [3.63, 3.8) is 0 Å². The Kier molecular flexibility index (Phi) is 4.19. The van der Waals surface area contributed by atoms with Gasteiger partial charge in [-0.15, -0.1) is 0 Å². The van der Waals surface area contributed by atoms with E-state index < -0.39 is 0 Å².